The maximum Gasteiger partial charge on any atom is 0.378 e. The zero-order valence-corrected chi connectivity index (χ0v) is 8.33. The van der Waals surface area contributed by atoms with Crippen molar-refractivity contribution in [2.45, 2.75) is 37.6 Å². The Kier molecular flexibility index (Phi) is 3.79. The molecule has 0 spiro atoms. The standard InChI is InChI=1S/C10H15F2NO2/c11-10(12,9(14)15)5-4-7-2-1-3-8(13)6-7/h4-5,7-8H,1-3,6,13H2,(H,14,15)/b5-4+. The number of carboxylic acids is 1. The molecule has 1 aliphatic carbocycles. The Balaban J connectivity index is 2.53. The molecule has 2 unspecified atom stereocenters. The van der Waals surface area contributed by atoms with Crippen LogP contribution in [0.2, 0.25) is 0 Å². The lowest BCUT2D eigenvalue weighted by molar-refractivity contribution is -0.158. The summed E-state index contributed by atoms with van der Waals surface area (Å²) in [7, 11) is 0. The third-order valence-corrected chi connectivity index (χ3v) is 2.62. The highest BCUT2D eigenvalue weighted by atomic mass is 19.3. The third-order valence-electron chi connectivity index (χ3n) is 2.62. The summed E-state index contributed by atoms with van der Waals surface area (Å²) in [6, 6.07) is 0.0480. The van der Waals surface area contributed by atoms with Gasteiger partial charge in [-0.05, 0) is 31.3 Å². The molecule has 1 saturated carbocycles. The molecule has 0 bridgehead atoms. The van der Waals surface area contributed by atoms with Crippen LogP contribution >= 0.6 is 0 Å². The number of carboxylic acid groups (broad SMARTS) is 1. The molecule has 0 heterocycles. The van der Waals surface area contributed by atoms with Gasteiger partial charge in [0, 0.05) is 6.04 Å². The molecule has 0 aliphatic heterocycles. The van der Waals surface area contributed by atoms with E-state index >= 15 is 0 Å². The second kappa shape index (κ2) is 4.70. The lowest BCUT2D eigenvalue weighted by Crippen LogP contribution is -2.28. The smallest absolute Gasteiger partial charge is 0.378 e. The molecule has 3 N–H and O–H groups in total. The van der Waals surface area contributed by atoms with E-state index in [1.54, 1.807) is 0 Å². The van der Waals surface area contributed by atoms with Crippen molar-refractivity contribution in [1.29, 1.82) is 0 Å². The highest BCUT2D eigenvalue weighted by Crippen LogP contribution is 2.26. The van der Waals surface area contributed by atoms with E-state index in [9.17, 15) is 13.6 Å². The highest BCUT2D eigenvalue weighted by Gasteiger charge is 2.35. The molecule has 0 saturated heterocycles. The molecule has 0 aromatic heterocycles. The minimum Gasteiger partial charge on any atom is -0.477 e. The van der Waals surface area contributed by atoms with Crippen LogP contribution in [0.3, 0.4) is 0 Å². The van der Waals surface area contributed by atoms with Crippen LogP contribution in [0, 0.1) is 5.92 Å². The fourth-order valence-electron chi connectivity index (χ4n) is 1.77. The predicted octanol–water partition coefficient (Wildman–Crippen LogP) is 1.78. The first-order chi connectivity index (χ1) is 6.92. The SMILES string of the molecule is NC1CCCC(/C=C/C(F)(F)C(=O)O)C1. The zero-order chi connectivity index (χ0) is 11.5. The first kappa shape index (κ1) is 12.1. The minimum absolute atomic E-state index is 0.0148. The molecular weight excluding hydrogens is 204 g/mol. The van der Waals surface area contributed by atoms with Crippen molar-refractivity contribution in [2.24, 2.45) is 11.7 Å². The van der Waals surface area contributed by atoms with Gasteiger partial charge in [-0.3, -0.25) is 0 Å². The van der Waals surface area contributed by atoms with Gasteiger partial charge in [0.15, 0.2) is 0 Å². The highest BCUT2D eigenvalue weighted by molar-refractivity contribution is 5.77. The normalized spacial score (nSPS) is 28.2. The van der Waals surface area contributed by atoms with Crippen molar-refractivity contribution in [1.82, 2.24) is 0 Å². The molecule has 0 aromatic rings. The van der Waals surface area contributed by atoms with Crippen LogP contribution in [-0.4, -0.2) is 23.0 Å². The number of alkyl halides is 2. The van der Waals surface area contributed by atoms with Gasteiger partial charge in [0.1, 0.15) is 0 Å². The van der Waals surface area contributed by atoms with E-state index in [-0.39, 0.29) is 12.0 Å². The van der Waals surface area contributed by atoms with Crippen LogP contribution in [0.4, 0.5) is 8.78 Å². The molecule has 0 amide bonds. The molecule has 1 aliphatic rings. The Bertz CT molecular complexity index is 266. The molecule has 1 rings (SSSR count). The van der Waals surface area contributed by atoms with Crippen LogP contribution in [0.25, 0.3) is 0 Å². The molecule has 5 heteroatoms. The topological polar surface area (TPSA) is 63.3 Å². The number of hydrogen-bond acceptors (Lipinski definition) is 2. The van der Waals surface area contributed by atoms with Gasteiger partial charge in [-0.15, -0.1) is 0 Å². The number of halogens is 2. The monoisotopic (exact) mass is 219 g/mol. The molecule has 1 fully saturated rings. The van der Waals surface area contributed by atoms with Gasteiger partial charge in [-0.2, -0.15) is 8.78 Å². The van der Waals surface area contributed by atoms with Gasteiger partial charge < -0.3 is 10.8 Å². The van der Waals surface area contributed by atoms with Gasteiger partial charge in [0.05, 0.1) is 0 Å². The summed E-state index contributed by atoms with van der Waals surface area (Å²) in [5.41, 5.74) is 5.69. The Morgan fingerprint density at radius 2 is 2.13 bits per heavy atom. The number of hydrogen-bond donors (Lipinski definition) is 2. The largest absolute Gasteiger partial charge is 0.477 e. The first-order valence-corrected chi connectivity index (χ1v) is 4.98. The van der Waals surface area contributed by atoms with Crippen molar-refractivity contribution in [3.8, 4) is 0 Å². The molecule has 86 valence electrons. The van der Waals surface area contributed by atoms with Crippen molar-refractivity contribution >= 4 is 5.97 Å². The fourth-order valence-corrected chi connectivity index (χ4v) is 1.77. The number of aliphatic carboxylic acids is 1. The molecule has 0 radical (unpaired) electrons. The average Bonchev–Trinajstić information content (AvgIpc) is 2.15. The maximum absolute atomic E-state index is 12.7. The van der Waals surface area contributed by atoms with Gasteiger partial charge in [0.25, 0.3) is 0 Å². The van der Waals surface area contributed by atoms with E-state index in [0.717, 1.165) is 19.3 Å². The van der Waals surface area contributed by atoms with Gasteiger partial charge in [-0.25, -0.2) is 4.79 Å². The van der Waals surface area contributed by atoms with Crippen molar-refractivity contribution in [3.63, 3.8) is 0 Å². The molecule has 15 heavy (non-hydrogen) atoms. The van der Waals surface area contributed by atoms with Crippen LogP contribution in [0.15, 0.2) is 12.2 Å². The summed E-state index contributed by atoms with van der Waals surface area (Å²) in [4.78, 5) is 10.1. The number of rotatable bonds is 3. The Labute approximate surface area is 87.0 Å². The van der Waals surface area contributed by atoms with Crippen LogP contribution in [0.1, 0.15) is 25.7 Å². The number of nitrogens with two attached hydrogens (primary N) is 1. The summed E-state index contributed by atoms with van der Waals surface area (Å²) < 4.78 is 25.4. The molecular formula is C10H15F2NO2. The van der Waals surface area contributed by atoms with E-state index in [0.29, 0.717) is 12.5 Å². The second-order valence-corrected chi connectivity index (χ2v) is 3.97. The van der Waals surface area contributed by atoms with Gasteiger partial charge in [-0.1, -0.05) is 12.5 Å². The fraction of sp³-hybridized carbons (Fsp3) is 0.700. The van der Waals surface area contributed by atoms with E-state index in [1.165, 1.54) is 6.08 Å². The van der Waals surface area contributed by atoms with Gasteiger partial charge in [0.2, 0.25) is 0 Å². The summed E-state index contributed by atoms with van der Waals surface area (Å²) in [6.07, 6.45) is 5.05. The molecule has 0 aromatic carbocycles. The average molecular weight is 219 g/mol. The van der Waals surface area contributed by atoms with E-state index < -0.39 is 11.9 Å². The van der Waals surface area contributed by atoms with E-state index in [2.05, 4.69) is 0 Å². The molecule has 2 atom stereocenters. The number of carbonyl (C=O) groups is 1. The van der Waals surface area contributed by atoms with E-state index in [1.807, 2.05) is 0 Å². The van der Waals surface area contributed by atoms with Gasteiger partial charge >= 0.3 is 11.9 Å². The third kappa shape index (κ3) is 3.58. The summed E-state index contributed by atoms with van der Waals surface area (Å²) >= 11 is 0. The first-order valence-electron chi connectivity index (χ1n) is 4.98. The number of allylic oxidation sites excluding steroid dienone is 1. The van der Waals surface area contributed by atoms with Crippen LogP contribution in [0.5, 0.6) is 0 Å². The van der Waals surface area contributed by atoms with Crippen molar-refractivity contribution in [2.75, 3.05) is 0 Å². The minimum atomic E-state index is -3.76. The van der Waals surface area contributed by atoms with E-state index in [4.69, 9.17) is 10.8 Å². The lowest BCUT2D eigenvalue weighted by atomic mass is 9.86. The summed E-state index contributed by atoms with van der Waals surface area (Å²) in [5.74, 6) is -5.89. The molecule has 3 nitrogen and oxygen atoms in total. The van der Waals surface area contributed by atoms with Crippen LogP contribution in [-0.2, 0) is 4.79 Å². The second-order valence-electron chi connectivity index (χ2n) is 3.97. The lowest BCUT2D eigenvalue weighted by Gasteiger charge is -2.24. The van der Waals surface area contributed by atoms with Crippen molar-refractivity contribution < 1.29 is 18.7 Å². The Hall–Kier alpha value is -0.970. The Morgan fingerprint density at radius 1 is 1.47 bits per heavy atom. The quantitative estimate of drug-likeness (QED) is 0.711. The summed E-state index contributed by atoms with van der Waals surface area (Å²) in [5, 5.41) is 8.20. The summed E-state index contributed by atoms with van der Waals surface area (Å²) in [6.45, 7) is 0. The Morgan fingerprint density at radius 3 is 2.67 bits per heavy atom. The zero-order valence-electron chi connectivity index (χ0n) is 8.33. The van der Waals surface area contributed by atoms with Crippen molar-refractivity contribution in [3.05, 3.63) is 12.2 Å². The predicted molar refractivity (Wildman–Crippen MR) is 51.7 cm³/mol. The van der Waals surface area contributed by atoms with Crippen LogP contribution < -0.4 is 5.73 Å². The maximum atomic E-state index is 12.7.